The van der Waals surface area contributed by atoms with Crippen molar-refractivity contribution in [3.63, 3.8) is 0 Å². The highest BCUT2D eigenvalue weighted by atomic mass is 35.5. The first-order chi connectivity index (χ1) is 13.2. The number of rotatable bonds is 5. The maximum atomic E-state index is 12.2. The van der Waals surface area contributed by atoms with Crippen LogP contribution in [0.4, 0.5) is 0 Å². The summed E-state index contributed by atoms with van der Waals surface area (Å²) in [6.07, 6.45) is 0.127. The Kier molecular flexibility index (Phi) is 5.14. The molecule has 0 spiro atoms. The lowest BCUT2D eigenvalue weighted by Gasteiger charge is -2.07. The summed E-state index contributed by atoms with van der Waals surface area (Å²) in [6.45, 7) is 0.0885. The minimum absolute atomic E-state index is 0.0885. The average Bonchev–Trinajstić information content (AvgIpc) is 3.15. The Morgan fingerprint density at radius 3 is 2.67 bits per heavy atom. The van der Waals surface area contributed by atoms with Gasteiger partial charge in [-0.15, -0.1) is 11.3 Å². The second-order valence-corrected chi connectivity index (χ2v) is 7.19. The monoisotopic (exact) mass is 394 g/mol. The summed E-state index contributed by atoms with van der Waals surface area (Å²) in [7, 11) is 0. The second kappa shape index (κ2) is 7.86. The first kappa shape index (κ1) is 17.6. The number of hydrogen-bond acceptors (Lipinski definition) is 5. The third-order valence-corrected chi connectivity index (χ3v) is 5.30. The third kappa shape index (κ3) is 4.15. The molecule has 0 radical (unpaired) electrons. The van der Waals surface area contributed by atoms with Crippen molar-refractivity contribution in [3.05, 3.63) is 82.5 Å². The van der Waals surface area contributed by atoms with Crippen molar-refractivity contribution in [3.8, 4) is 10.6 Å². The number of fused-ring (bicyclic) bond motifs is 1. The standard InChI is InChI=1S/C21H15ClN2O2S/c22-20-16(10-15-8-4-5-9-18(15)24-20)12-26-19(25)11-17-13-27-21(23-17)14-6-2-1-3-7-14/h1-10,13H,11-12H2. The number of nitrogens with zero attached hydrogens (tertiary/aromatic N) is 2. The van der Waals surface area contributed by atoms with Gasteiger partial charge in [0.15, 0.2) is 0 Å². The molecule has 0 aliphatic heterocycles. The van der Waals surface area contributed by atoms with Crippen LogP contribution in [0.1, 0.15) is 11.3 Å². The van der Waals surface area contributed by atoms with E-state index in [1.54, 1.807) is 0 Å². The number of aromatic nitrogens is 2. The Bertz CT molecular complexity index is 1100. The zero-order valence-corrected chi connectivity index (χ0v) is 15.8. The largest absolute Gasteiger partial charge is 0.460 e. The maximum absolute atomic E-state index is 12.2. The Balaban J connectivity index is 1.40. The third-order valence-electron chi connectivity index (χ3n) is 4.04. The van der Waals surface area contributed by atoms with Crippen LogP contribution in [-0.2, 0) is 22.6 Å². The minimum Gasteiger partial charge on any atom is -0.460 e. The van der Waals surface area contributed by atoms with E-state index in [4.69, 9.17) is 16.3 Å². The van der Waals surface area contributed by atoms with Gasteiger partial charge in [-0.1, -0.05) is 60.1 Å². The van der Waals surface area contributed by atoms with Gasteiger partial charge in [0.25, 0.3) is 0 Å². The molecular formula is C21H15ClN2O2S. The maximum Gasteiger partial charge on any atom is 0.312 e. The number of carbonyl (C=O) groups excluding carboxylic acids is 1. The lowest BCUT2D eigenvalue weighted by atomic mass is 10.2. The van der Waals surface area contributed by atoms with E-state index in [-0.39, 0.29) is 19.0 Å². The lowest BCUT2D eigenvalue weighted by molar-refractivity contribution is -0.144. The molecule has 2 aromatic carbocycles. The van der Waals surface area contributed by atoms with Crippen LogP contribution < -0.4 is 0 Å². The zero-order chi connectivity index (χ0) is 18.6. The zero-order valence-electron chi connectivity index (χ0n) is 14.3. The topological polar surface area (TPSA) is 52.1 Å². The molecule has 0 N–H and O–H groups in total. The summed E-state index contributed by atoms with van der Waals surface area (Å²) in [4.78, 5) is 21.0. The molecule has 0 saturated heterocycles. The van der Waals surface area contributed by atoms with Crippen LogP contribution in [0.5, 0.6) is 0 Å². The molecular weight excluding hydrogens is 380 g/mol. The van der Waals surface area contributed by atoms with E-state index in [0.29, 0.717) is 16.4 Å². The average molecular weight is 395 g/mol. The molecule has 134 valence electrons. The van der Waals surface area contributed by atoms with Gasteiger partial charge in [0.05, 0.1) is 17.6 Å². The predicted octanol–water partition coefficient (Wildman–Crippen LogP) is 5.30. The van der Waals surface area contributed by atoms with E-state index in [9.17, 15) is 4.79 Å². The number of para-hydroxylation sites is 1. The fourth-order valence-electron chi connectivity index (χ4n) is 2.70. The van der Waals surface area contributed by atoms with E-state index in [2.05, 4.69) is 9.97 Å². The molecule has 4 nitrogen and oxygen atoms in total. The Morgan fingerprint density at radius 1 is 1.04 bits per heavy atom. The molecule has 0 amide bonds. The van der Waals surface area contributed by atoms with E-state index in [1.807, 2.05) is 66.0 Å². The number of ether oxygens (including phenoxy) is 1. The van der Waals surface area contributed by atoms with Crippen LogP contribution in [0.15, 0.2) is 66.0 Å². The van der Waals surface area contributed by atoms with Crippen LogP contribution in [0.25, 0.3) is 21.5 Å². The van der Waals surface area contributed by atoms with Crippen LogP contribution in [-0.4, -0.2) is 15.9 Å². The van der Waals surface area contributed by atoms with Gasteiger partial charge >= 0.3 is 5.97 Å². The van der Waals surface area contributed by atoms with Gasteiger partial charge in [-0.25, -0.2) is 9.97 Å². The lowest BCUT2D eigenvalue weighted by Crippen LogP contribution is -2.08. The highest BCUT2D eigenvalue weighted by Crippen LogP contribution is 2.24. The van der Waals surface area contributed by atoms with Crippen molar-refractivity contribution >= 4 is 39.8 Å². The minimum atomic E-state index is -0.343. The van der Waals surface area contributed by atoms with Crippen LogP contribution in [0, 0.1) is 0 Å². The highest BCUT2D eigenvalue weighted by molar-refractivity contribution is 7.13. The molecule has 27 heavy (non-hydrogen) atoms. The first-order valence-corrected chi connectivity index (χ1v) is 9.64. The summed E-state index contributed by atoms with van der Waals surface area (Å²) in [5.41, 5.74) is 3.24. The molecule has 0 fully saturated rings. The van der Waals surface area contributed by atoms with Crippen LogP contribution in [0.2, 0.25) is 5.15 Å². The number of thiazole rings is 1. The SMILES string of the molecule is O=C(Cc1csc(-c2ccccc2)n1)OCc1cc2ccccc2nc1Cl. The normalized spacial score (nSPS) is 10.9. The molecule has 2 heterocycles. The molecule has 0 unspecified atom stereocenters. The number of carbonyl (C=O) groups is 1. The smallest absolute Gasteiger partial charge is 0.312 e. The van der Waals surface area contributed by atoms with Crippen molar-refractivity contribution in [1.29, 1.82) is 0 Å². The summed E-state index contributed by atoms with van der Waals surface area (Å²) in [5.74, 6) is -0.343. The van der Waals surface area contributed by atoms with Crippen molar-refractivity contribution in [1.82, 2.24) is 9.97 Å². The van der Waals surface area contributed by atoms with Crippen molar-refractivity contribution < 1.29 is 9.53 Å². The number of pyridine rings is 1. The van der Waals surface area contributed by atoms with Gasteiger partial charge in [-0.3, -0.25) is 4.79 Å². The summed E-state index contributed by atoms with van der Waals surface area (Å²) < 4.78 is 5.38. The first-order valence-electron chi connectivity index (χ1n) is 8.38. The van der Waals surface area contributed by atoms with Gasteiger partial charge in [0.2, 0.25) is 0 Å². The Hall–Kier alpha value is -2.76. The number of benzene rings is 2. The molecule has 0 bridgehead atoms. The molecule has 0 aliphatic rings. The Labute approximate surface area is 165 Å². The predicted molar refractivity (Wildman–Crippen MR) is 108 cm³/mol. The molecule has 0 saturated carbocycles. The van der Waals surface area contributed by atoms with E-state index in [1.165, 1.54) is 11.3 Å². The quantitative estimate of drug-likeness (QED) is 0.340. The molecule has 4 rings (SSSR count). The number of hydrogen-bond donors (Lipinski definition) is 0. The van der Waals surface area contributed by atoms with Gasteiger partial charge in [-0.2, -0.15) is 0 Å². The molecule has 0 atom stereocenters. The fourth-order valence-corrected chi connectivity index (χ4v) is 3.72. The summed E-state index contributed by atoms with van der Waals surface area (Å²) >= 11 is 7.72. The molecule has 6 heteroatoms. The van der Waals surface area contributed by atoms with E-state index >= 15 is 0 Å². The van der Waals surface area contributed by atoms with Gasteiger partial charge in [0.1, 0.15) is 16.8 Å². The molecule has 2 aromatic heterocycles. The molecule has 0 aliphatic carbocycles. The Morgan fingerprint density at radius 2 is 1.81 bits per heavy atom. The summed E-state index contributed by atoms with van der Waals surface area (Å²) in [6, 6.07) is 19.5. The van der Waals surface area contributed by atoms with Gasteiger partial charge in [-0.05, 0) is 12.1 Å². The fraction of sp³-hybridized carbons (Fsp3) is 0.0952. The summed E-state index contributed by atoms with van der Waals surface area (Å²) in [5, 5.41) is 4.08. The van der Waals surface area contributed by atoms with Crippen molar-refractivity contribution in [2.75, 3.05) is 0 Å². The van der Waals surface area contributed by atoms with E-state index < -0.39 is 0 Å². The van der Waals surface area contributed by atoms with Crippen molar-refractivity contribution in [2.24, 2.45) is 0 Å². The van der Waals surface area contributed by atoms with Crippen molar-refractivity contribution in [2.45, 2.75) is 13.0 Å². The van der Waals surface area contributed by atoms with Gasteiger partial charge < -0.3 is 4.74 Å². The molecule has 4 aromatic rings. The second-order valence-electron chi connectivity index (χ2n) is 5.98. The van der Waals surface area contributed by atoms with Gasteiger partial charge in [0, 0.05) is 21.9 Å². The highest BCUT2D eigenvalue weighted by Gasteiger charge is 2.12. The van der Waals surface area contributed by atoms with E-state index in [0.717, 1.165) is 21.5 Å². The van der Waals surface area contributed by atoms with Crippen LogP contribution >= 0.6 is 22.9 Å². The number of esters is 1. The van der Waals surface area contributed by atoms with Crippen LogP contribution in [0.3, 0.4) is 0 Å². The number of halogens is 1.